The molecule has 0 atom stereocenters. The highest BCUT2D eigenvalue weighted by atomic mass is 28.4. The second-order valence-corrected chi connectivity index (χ2v) is 19.0. The Morgan fingerprint density at radius 2 is 0.615 bits per heavy atom. The Labute approximate surface area is 322 Å². The molecule has 0 bridgehead atoms. The van der Waals surface area contributed by atoms with Crippen molar-refractivity contribution in [2.24, 2.45) is 0 Å². The molecule has 0 unspecified atom stereocenters. The van der Waals surface area contributed by atoms with Crippen LogP contribution in [0, 0.1) is 0 Å². The second-order valence-electron chi connectivity index (χ2n) is 14.0. The lowest BCUT2D eigenvalue weighted by atomic mass is 9.99. The monoisotopic (exact) mass is 757 g/mol. The molecule has 0 aliphatic carbocycles. The molecule has 0 aromatic heterocycles. The zero-order valence-corrected chi connectivity index (χ0v) is 36.2. The predicted octanol–water partition coefficient (Wildman–Crippen LogP) is 11.3. The number of unbranched alkanes of at least 4 members (excludes halogenated alkanes) is 12. The quantitative estimate of drug-likeness (QED) is 0.0523. The minimum absolute atomic E-state index is 0.609. The summed E-state index contributed by atoms with van der Waals surface area (Å²) in [5.41, 5.74) is 2.88. The Balaban J connectivity index is 2.73. The summed E-state index contributed by atoms with van der Waals surface area (Å²) in [5.74, 6) is 0. The number of benzene rings is 2. The van der Waals surface area contributed by atoms with Gasteiger partial charge in [0.1, 0.15) is 0 Å². The SMILES string of the molecule is C=C(c1ccccc1[Si](OCCCCC)(OCCCCC)OCCCCC)c1ccccc1[Si](OCCCCC)(OCCCCC)OCCCCC. The summed E-state index contributed by atoms with van der Waals surface area (Å²) in [6.45, 7) is 21.8. The number of hydrogen-bond donors (Lipinski definition) is 0. The molecule has 0 aliphatic heterocycles. The average molecular weight is 757 g/mol. The van der Waals surface area contributed by atoms with Crippen LogP contribution < -0.4 is 10.4 Å². The lowest BCUT2D eigenvalue weighted by molar-refractivity contribution is 0.0686. The lowest BCUT2D eigenvalue weighted by Crippen LogP contribution is -2.59. The van der Waals surface area contributed by atoms with Crippen molar-refractivity contribution in [3.05, 3.63) is 66.2 Å². The maximum Gasteiger partial charge on any atom is 0.537 e. The Morgan fingerprint density at radius 1 is 0.385 bits per heavy atom. The van der Waals surface area contributed by atoms with Crippen molar-refractivity contribution in [1.82, 2.24) is 0 Å². The molecular formula is C44H76O6Si2. The van der Waals surface area contributed by atoms with Gasteiger partial charge in [-0.25, -0.2) is 0 Å². The third-order valence-corrected chi connectivity index (χ3v) is 15.1. The molecule has 52 heavy (non-hydrogen) atoms. The van der Waals surface area contributed by atoms with Crippen molar-refractivity contribution < 1.29 is 26.6 Å². The van der Waals surface area contributed by atoms with Crippen LogP contribution in [0.15, 0.2) is 55.1 Å². The molecule has 0 heterocycles. The third kappa shape index (κ3) is 16.0. The normalized spacial score (nSPS) is 12.1. The van der Waals surface area contributed by atoms with Crippen LogP contribution in [0.3, 0.4) is 0 Å². The highest BCUT2D eigenvalue weighted by Crippen LogP contribution is 2.27. The van der Waals surface area contributed by atoms with Crippen molar-refractivity contribution in [2.75, 3.05) is 39.6 Å². The van der Waals surface area contributed by atoms with E-state index < -0.39 is 17.6 Å². The van der Waals surface area contributed by atoms with Crippen LogP contribution in [-0.4, -0.2) is 57.3 Å². The van der Waals surface area contributed by atoms with Crippen LogP contribution in [0.4, 0.5) is 0 Å². The molecular weight excluding hydrogens is 681 g/mol. The van der Waals surface area contributed by atoms with Crippen LogP contribution in [0.2, 0.25) is 0 Å². The molecule has 0 spiro atoms. The Kier molecular flexibility index (Phi) is 25.7. The largest absolute Gasteiger partial charge is 0.537 e. The smallest absolute Gasteiger partial charge is 0.370 e. The fourth-order valence-corrected chi connectivity index (χ4v) is 11.9. The lowest BCUT2D eigenvalue weighted by Gasteiger charge is -2.34. The topological polar surface area (TPSA) is 55.4 Å². The van der Waals surface area contributed by atoms with E-state index >= 15 is 0 Å². The summed E-state index contributed by atoms with van der Waals surface area (Å²) in [6, 6.07) is 17.0. The van der Waals surface area contributed by atoms with Gasteiger partial charge in [0.25, 0.3) is 0 Å². The van der Waals surface area contributed by atoms with Gasteiger partial charge in [-0.15, -0.1) is 0 Å². The zero-order chi connectivity index (χ0) is 37.8. The third-order valence-electron chi connectivity index (χ3n) is 9.40. The van der Waals surface area contributed by atoms with E-state index in [0.717, 1.165) is 143 Å². The first kappa shape index (κ1) is 46.5. The van der Waals surface area contributed by atoms with E-state index in [2.05, 4.69) is 90.1 Å². The van der Waals surface area contributed by atoms with Crippen molar-refractivity contribution >= 4 is 33.6 Å². The molecule has 0 N–H and O–H groups in total. The molecule has 6 nitrogen and oxygen atoms in total. The predicted molar refractivity (Wildman–Crippen MR) is 225 cm³/mol. The van der Waals surface area contributed by atoms with E-state index in [9.17, 15) is 0 Å². The zero-order valence-electron chi connectivity index (χ0n) is 34.2. The van der Waals surface area contributed by atoms with E-state index in [-0.39, 0.29) is 0 Å². The molecule has 2 aromatic carbocycles. The van der Waals surface area contributed by atoms with Gasteiger partial charge in [-0.2, -0.15) is 0 Å². The van der Waals surface area contributed by atoms with E-state index in [0.29, 0.717) is 39.6 Å². The molecule has 0 saturated heterocycles. The van der Waals surface area contributed by atoms with Crippen molar-refractivity contribution in [3.8, 4) is 0 Å². The standard InChI is InChI=1S/C44H76O6Si2/c1-8-14-24-34-45-51(46-35-25-15-9-2,47-36-26-16-10-3)43-32-22-20-30-41(43)40(7)42-31-21-23-33-44(42)52(48-37-27-17-11-4,49-38-28-18-12-5)50-39-29-19-13-6/h20-23,30-33H,7-19,24-29,34-39H2,1-6H3. The second kappa shape index (κ2) is 28.8. The summed E-state index contributed by atoms with van der Waals surface area (Å²) in [4.78, 5) is 0. The molecule has 0 radical (unpaired) electrons. The van der Waals surface area contributed by atoms with Gasteiger partial charge in [0.2, 0.25) is 0 Å². The molecule has 2 rings (SSSR count). The minimum Gasteiger partial charge on any atom is -0.370 e. The van der Waals surface area contributed by atoms with Gasteiger partial charge in [0, 0.05) is 50.0 Å². The van der Waals surface area contributed by atoms with Crippen LogP contribution in [-0.2, 0) is 26.6 Å². The molecule has 0 aliphatic rings. The van der Waals surface area contributed by atoms with E-state index in [1.807, 2.05) is 0 Å². The van der Waals surface area contributed by atoms with Gasteiger partial charge in [-0.1, -0.05) is 174 Å². The van der Waals surface area contributed by atoms with Gasteiger partial charge in [-0.3, -0.25) is 0 Å². The summed E-state index contributed by atoms with van der Waals surface area (Å²) in [6.07, 6.45) is 19.3. The van der Waals surface area contributed by atoms with E-state index in [1.54, 1.807) is 0 Å². The van der Waals surface area contributed by atoms with Crippen LogP contribution >= 0.6 is 0 Å². The number of rotatable bonds is 34. The van der Waals surface area contributed by atoms with Gasteiger partial charge < -0.3 is 26.6 Å². The number of hydrogen-bond acceptors (Lipinski definition) is 6. The molecule has 2 aromatic rings. The van der Waals surface area contributed by atoms with Crippen LogP contribution in [0.5, 0.6) is 0 Å². The first-order valence-corrected chi connectivity index (χ1v) is 24.7. The molecule has 0 fully saturated rings. The van der Waals surface area contributed by atoms with Gasteiger partial charge in [0.05, 0.1) is 0 Å². The molecule has 0 amide bonds. The first-order valence-electron chi connectivity index (χ1n) is 21.2. The van der Waals surface area contributed by atoms with Crippen LogP contribution in [0.25, 0.3) is 5.57 Å². The summed E-state index contributed by atoms with van der Waals surface area (Å²) >= 11 is 0. The van der Waals surface area contributed by atoms with Crippen molar-refractivity contribution in [2.45, 2.75) is 157 Å². The Morgan fingerprint density at radius 3 is 0.846 bits per heavy atom. The minimum atomic E-state index is -3.36. The molecule has 296 valence electrons. The van der Waals surface area contributed by atoms with Gasteiger partial charge in [0.15, 0.2) is 0 Å². The Bertz CT molecular complexity index is 1040. The van der Waals surface area contributed by atoms with Gasteiger partial charge in [-0.05, 0) is 55.2 Å². The highest BCUT2D eigenvalue weighted by molar-refractivity contribution is 6.77. The maximum atomic E-state index is 6.92. The van der Waals surface area contributed by atoms with Crippen LogP contribution in [0.1, 0.15) is 168 Å². The first-order chi connectivity index (χ1) is 25.5. The fraction of sp³-hybridized carbons (Fsp3) is 0.682. The van der Waals surface area contributed by atoms with E-state index in [1.165, 1.54) is 0 Å². The van der Waals surface area contributed by atoms with Crippen molar-refractivity contribution in [3.63, 3.8) is 0 Å². The average Bonchev–Trinajstić information content (AvgIpc) is 3.18. The van der Waals surface area contributed by atoms with Crippen molar-refractivity contribution in [1.29, 1.82) is 0 Å². The summed E-state index contributed by atoms with van der Waals surface area (Å²) < 4.78 is 41.5. The Hall–Kier alpha value is -1.63. The molecule has 8 heteroatoms. The van der Waals surface area contributed by atoms with E-state index in [4.69, 9.17) is 33.1 Å². The van der Waals surface area contributed by atoms with Gasteiger partial charge >= 0.3 is 17.6 Å². The highest BCUT2D eigenvalue weighted by Gasteiger charge is 2.48. The molecule has 0 saturated carbocycles. The summed E-state index contributed by atoms with van der Waals surface area (Å²) in [7, 11) is -6.72. The maximum absolute atomic E-state index is 6.92. The fourth-order valence-electron chi connectivity index (χ4n) is 6.24. The summed E-state index contributed by atoms with van der Waals surface area (Å²) in [5, 5.41) is 1.98.